The summed E-state index contributed by atoms with van der Waals surface area (Å²) in [5.74, 6) is 0.452. The van der Waals surface area contributed by atoms with Crippen LogP contribution < -0.4 is 11.2 Å². The number of nitriles is 1. The maximum atomic E-state index is 12.9. The number of nitrogens with zero attached hydrogens (tertiary/aromatic N) is 6. The Morgan fingerprint density at radius 1 is 1.03 bits per heavy atom. The van der Waals surface area contributed by atoms with E-state index in [1.54, 1.807) is 48.0 Å². The number of aromatic nitrogens is 5. The van der Waals surface area contributed by atoms with Crippen molar-refractivity contribution in [3.63, 3.8) is 0 Å². The van der Waals surface area contributed by atoms with Gasteiger partial charge in [-0.2, -0.15) is 10.2 Å². The first kappa shape index (κ1) is 18.9. The smallest absolute Gasteiger partial charge is 0.279 e. The molecule has 2 aromatic carbocycles. The van der Waals surface area contributed by atoms with Gasteiger partial charge in [0.05, 0.1) is 23.0 Å². The molecule has 0 fully saturated rings. The molecule has 0 spiro atoms. The van der Waals surface area contributed by atoms with Crippen LogP contribution in [-0.4, -0.2) is 23.1 Å². The van der Waals surface area contributed by atoms with Gasteiger partial charge >= 0.3 is 5.69 Å². The predicted molar refractivity (Wildman–Crippen MR) is 118 cm³/mol. The highest BCUT2D eigenvalue weighted by atomic mass is 35.5. The van der Waals surface area contributed by atoms with Gasteiger partial charge in [-0.25, -0.2) is 4.79 Å². The molecule has 0 amide bonds. The Morgan fingerprint density at radius 2 is 1.77 bits per heavy atom. The van der Waals surface area contributed by atoms with Crippen molar-refractivity contribution in [3.05, 3.63) is 86.2 Å². The minimum absolute atomic E-state index is 0.288. The molecule has 5 aromatic rings. The van der Waals surface area contributed by atoms with Crippen molar-refractivity contribution in [1.29, 1.82) is 5.26 Å². The summed E-state index contributed by atoms with van der Waals surface area (Å²) in [6, 6.07) is 16.6. The zero-order valence-electron chi connectivity index (χ0n) is 16.6. The third kappa shape index (κ3) is 2.71. The molecule has 5 rings (SSSR count). The van der Waals surface area contributed by atoms with Gasteiger partial charge in [-0.05, 0) is 30.3 Å². The zero-order chi connectivity index (χ0) is 21.9. The van der Waals surface area contributed by atoms with Crippen LogP contribution >= 0.6 is 11.6 Å². The molecule has 0 aliphatic carbocycles. The molecule has 0 saturated carbocycles. The molecular weight excluding hydrogens is 416 g/mol. The van der Waals surface area contributed by atoms with E-state index in [1.165, 1.54) is 11.6 Å². The first-order valence-electron chi connectivity index (χ1n) is 9.36. The van der Waals surface area contributed by atoms with E-state index in [0.717, 1.165) is 15.8 Å². The highest BCUT2D eigenvalue weighted by Crippen LogP contribution is 2.29. The average molecular weight is 431 g/mol. The lowest BCUT2D eigenvalue weighted by molar-refractivity contribution is 0.708. The summed E-state index contributed by atoms with van der Waals surface area (Å²) in [5.41, 5.74) is 2.51. The fourth-order valence-corrected chi connectivity index (χ4v) is 3.89. The van der Waals surface area contributed by atoms with E-state index in [-0.39, 0.29) is 5.65 Å². The highest BCUT2D eigenvalue weighted by Gasteiger charge is 2.21. The SMILES string of the molecule is Cn1c(=O)c2c(nc3n(-c4cccc(C#N)c4)c(-c4ccc(Cl)cc4)cn23)n(C)c1=O. The molecule has 0 saturated heterocycles. The maximum absolute atomic E-state index is 12.9. The summed E-state index contributed by atoms with van der Waals surface area (Å²) in [6.07, 6.45) is 1.80. The molecule has 9 heteroatoms. The topological polar surface area (TPSA) is 90.0 Å². The molecule has 0 N–H and O–H groups in total. The maximum Gasteiger partial charge on any atom is 0.332 e. The van der Waals surface area contributed by atoms with Gasteiger partial charge in [-0.3, -0.25) is 22.9 Å². The Bertz CT molecular complexity index is 1660. The molecule has 0 aliphatic rings. The Hall–Kier alpha value is -4.09. The molecule has 31 heavy (non-hydrogen) atoms. The van der Waals surface area contributed by atoms with E-state index in [9.17, 15) is 14.9 Å². The van der Waals surface area contributed by atoms with Gasteiger partial charge in [0.2, 0.25) is 5.78 Å². The second-order valence-corrected chi connectivity index (χ2v) is 7.61. The van der Waals surface area contributed by atoms with Crippen molar-refractivity contribution in [1.82, 2.24) is 23.1 Å². The van der Waals surface area contributed by atoms with Gasteiger partial charge in [0.15, 0.2) is 11.2 Å². The van der Waals surface area contributed by atoms with Crippen LogP contribution in [0.15, 0.2) is 64.3 Å². The van der Waals surface area contributed by atoms with E-state index in [1.807, 2.05) is 22.8 Å². The van der Waals surface area contributed by atoms with E-state index < -0.39 is 11.2 Å². The quantitative estimate of drug-likeness (QED) is 0.430. The van der Waals surface area contributed by atoms with Crippen LogP contribution in [0.25, 0.3) is 33.9 Å². The van der Waals surface area contributed by atoms with Crippen LogP contribution in [0.2, 0.25) is 5.02 Å². The van der Waals surface area contributed by atoms with Crippen LogP contribution in [0.1, 0.15) is 5.56 Å². The summed E-state index contributed by atoms with van der Waals surface area (Å²) in [5, 5.41) is 9.97. The largest absolute Gasteiger partial charge is 0.332 e. The molecule has 8 nitrogen and oxygen atoms in total. The lowest BCUT2D eigenvalue weighted by Crippen LogP contribution is -2.37. The molecule has 3 heterocycles. The summed E-state index contributed by atoms with van der Waals surface area (Å²) in [6.45, 7) is 0. The Balaban J connectivity index is 1.97. The third-order valence-corrected chi connectivity index (χ3v) is 5.59. The Labute approximate surface area is 180 Å². The van der Waals surface area contributed by atoms with Crippen molar-refractivity contribution in [2.45, 2.75) is 0 Å². The molecule has 0 unspecified atom stereocenters. The molecule has 152 valence electrons. The molecule has 0 bridgehead atoms. The van der Waals surface area contributed by atoms with E-state index in [4.69, 9.17) is 11.6 Å². The Morgan fingerprint density at radius 3 is 2.48 bits per heavy atom. The fourth-order valence-electron chi connectivity index (χ4n) is 3.76. The van der Waals surface area contributed by atoms with Crippen molar-refractivity contribution < 1.29 is 0 Å². The lowest BCUT2D eigenvalue weighted by Gasteiger charge is -2.09. The van der Waals surface area contributed by atoms with Crippen molar-refractivity contribution in [2.75, 3.05) is 0 Å². The van der Waals surface area contributed by atoms with Crippen LogP contribution in [-0.2, 0) is 14.1 Å². The van der Waals surface area contributed by atoms with Crippen LogP contribution in [0.5, 0.6) is 0 Å². The van der Waals surface area contributed by atoms with Crippen molar-refractivity contribution in [2.24, 2.45) is 14.1 Å². The normalized spacial score (nSPS) is 11.3. The number of halogens is 1. The molecule has 0 aliphatic heterocycles. The van der Waals surface area contributed by atoms with Gasteiger partial charge in [0.25, 0.3) is 5.56 Å². The highest BCUT2D eigenvalue weighted by molar-refractivity contribution is 6.30. The molecule has 0 radical (unpaired) electrons. The number of benzene rings is 2. The van der Waals surface area contributed by atoms with Gasteiger partial charge < -0.3 is 0 Å². The van der Waals surface area contributed by atoms with Gasteiger partial charge in [-0.1, -0.05) is 29.8 Å². The number of fused-ring (bicyclic) bond motifs is 3. The predicted octanol–water partition coefficient (Wildman–Crippen LogP) is 2.87. The lowest BCUT2D eigenvalue weighted by atomic mass is 10.1. The van der Waals surface area contributed by atoms with E-state index in [2.05, 4.69) is 11.1 Å². The van der Waals surface area contributed by atoms with Crippen LogP contribution in [0.4, 0.5) is 0 Å². The van der Waals surface area contributed by atoms with Gasteiger partial charge in [0, 0.05) is 30.9 Å². The zero-order valence-corrected chi connectivity index (χ0v) is 17.3. The second-order valence-electron chi connectivity index (χ2n) is 7.18. The summed E-state index contributed by atoms with van der Waals surface area (Å²) >= 11 is 6.06. The van der Waals surface area contributed by atoms with Gasteiger partial charge in [-0.15, -0.1) is 0 Å². The van der Waals surface area contributed by atoms with Gasteiger partial charge in [0.1, 0.15) is 0 Å². The fraction of sp³-hybridized carbons (Fsp3) is 0.0909. The standard InChI is InChI=1S/C22H15ClN6O2/c1-26-19-18(20(30)27(2)22(26)31)28-12-17(14-6-8-15(23)9-7-14)29(21(28)25-19)16-5-3-4-13(10-16)11-24/h3-10,12H,1-2H3. The second kappa shape index (κ2) is 6.72. The molecule has 0 atom stereocenters. The Kier molecular flexibility index (Phi) is 4.10. The average Bonchev–Trinajstić information content (AvgIpc) is 3.33. The number of rotatable bonds is 2. The first-order valence-corrected chi connectivity index (χ1v) is 9.74. The number of hydrogen-bond donors (Lipinski definition) is 0. The van der Waals surface area contributed by atoms with Crippen LogP contribution in [0, 0.1) is 11.3 Å². The van der Waals surface area contributed by atoms with Crippen LogP contribution in [0.3, 0.4) is 0 Å². The first-order chi connectivity index (χ1) is 14.9. The monoisotopic (exact) mass is 430 g/mol. The minimum Gasteiger partial charge on any atom is -0.279 e. The minimum atomic E-state index is -0.450. The third-order valence-electron chi connectivity index (χ3n) is 5.34. The molecule has 3 aromatic heterocycles. The summed E-state index contributed by atoms with van der Waals surface area (Å²) in [4.78, 5) is 30.0. The van der Waals surface area contributed by atoms with Crippen molar-refractivity contribution in [3.8, 4) is 23.0 Å². The number of imidazole rings is 2. The van der Waals surface area contributed by atoms with E-state index >= 15 is 0 Å². The number of hydrogen-bond acceptors (Lipinski definition) is 4. The van der Waals surface area contributed by atoms with Crippen molar-refractivity contribution >= 4 is 28.5 Å². The summed E-state index contributed by atoms with van der Waals surface area (Å²) in [7, 11) is 3.02. The summed E-state index contributed by atoms with van der Waals surface area (Å²) < 4.78 is 5.95. The van der Waals surface area contributed by atoms with E-state index in [0.29, 0.717) is 27.6 Å². The number of aryl methyl sites for hydroxylation is 1. The molecular formula is C22H15ClN6O2.